The number of nitrogens with zero attached hydrogens (tertiary/aromatic N) is 2. The minimum atomic E-state index is -0.756. The van der Waals surface area contributed by atoms with Crippen LogP contribution in [0.4, 0.5) is 4.39 Å². The van der Waals surface area contributed by atoms with E-state index < -0.39 is 5.41 Å². The van der Waals surface area contributed by atoms with Gasteiger partial charge in [-0.3, -0.25) is 4.79 Å². The molecule has 7 heteroatoms. The van der Waals surface area contributed by atoms with Crippen LogP contribution in [0.1, 0.15) is 12.6 Å². The molecule has 1 heterocycles. The number of benzene rings is 1. The van der Waals surface area contributed by atoms with E-state index in [2.05, 4.69) is 4.98 Å². The second-order valence-electron chi connectivity index (χ2n) is 6.20. The van der Waals surface area contributed by atoms with Gasteiger partial charge < -0.3 is 19.5 Å². The fraction of sp³-hybridized carbons (Fsp3) is 0.412. The first-order valence-electron chi connectivity index (χ1n) is 7.53. The van der Waals surface area contributed by atoms with Gasteiger partial charge in [0.15, 0.2) is 0 Å². The molecular weight excluding hydrogens is 315 g/mol. The van der Waals surface area contributed by atoms with Crippen molar-refractivity contribution in [2.75, 3.05) is 26.8 Å². The van der Waals surface area contributed by atoms with Crippen LogP contribution >= 0.6 is 0 Å². The monoisotopic (exact) mass is 336 g/mol. The number of rotatable bonds is 7. The van der Waals surface area contributed by atoms with E-state index in [1.807, 2.05) is 0 Å². The van der Waals surface area contributed by atoms with Gasteiger partial charge in [-0.2, -0.15) is 0 Å². The summed E-state index contributed by atoms with van der Waals surface area (Å²) in [5.74, 6) is -0.240. The zero-order valence-corrected chi connectivity index (χ0v) is 13.7. The highest BCUT2D eigenvalue weighted by molar-refractivity contribution is 5.78. The summed E-state index contributed by atoms with van der Waals surface area (Å²) in [7, 11) is 1.60. The van der Waals surface area contributed by atoms with Crippen LogP contribution in [0.15, 0.2) is 34.9 Å². The summed E-state index contributed by atoms with van der Waals surface area (Å²) >= 11 is 0. The molecule has 2 aromatic rings. The van der Waals surface area contributed by atoms with Crippen LogP contribution in [0.2, 0.25) is 0 Å². The summed E-state index contributed by atoms with van der Waals surface area (Å²) in [6.45, 7) is 1.47. The van der Waals surface area contributed by atoms with Gasteiger partial charge in [0.05, 0.1) is 25.3 Å². The van der Waals surface area contributed by atoms with Crippen LogP contribution in [0.25, 0.3) is 11.5 Å². The summed E-state index contributed by atoms with van der Waals surface area (Å²) < 4.78 is 18.3. The Labute approximate surface area is 139 Å². The Bertz CT molecular complexity index is 680. The van der Waals surface area contributed by atoms with Crippen LogP contribution < -0.4 is 0 Å². The van der Waals surface area contributed by atoms with E-state index in [0.717, 1.165) is 0 Å². The molecule has 130 valence electrons. The molecule has 0 fully saturated rings. The number of hydrogen-bond acceptors (Lipinski definition) is 5. The Morgan fingerprint density at radius 3 is 2.50 bits per heavy atom. The van der Waals surface area contributed by atoms with Crippen molar-refractivity contribution in [1.29, 1.82) is 0 Å². The molecule has 0 saturated carbocycles. The minimum absolute atomic E-state index is 0.0358. The standard InChI is InChI=1S/C17H21FN2O4/c1-17(10-21,11-22)9-20(2)15(23)7-14-8-24-16(19-14)12-3-5-13(18)6-4-12/h3-6,8,21-22H,7,9-11H2,1-2H3. The Balaban J connectivity index is 2.01. The van der Waals surface area contributed by atoms with Gasteiger partial charge in [0.1, 0.15) is 12.1 Å². The molecule has 2 rings (SSSR count). The number of carbonyl (C=O) groups is 1. The lowest BCUT2D eigenvalue weighted by molar-refractivity contribution is -0.131. The fourth-order valence-electron chi connectivity index (χ4n) is 2.21. The quantitative estimate of drug-likeness (QED) is 0.800. The van der Waals surface area contributed by atoms with Crippen molar-refractivity contribution < 1.29 is 23.8 Å². The molecule has 0 atom stereocenters. The van der Waals surface area contributed by atoms with E-state index in [1.54, 1.807) is 26.1 Å². The SMILES string of the molecule is CN(CC(C)(CO)CO)C(=O)Cc1coc(-c2ccc(F)cc2)n1. The number of halogens is 1. The van der Waals surface area contributed by atoms with E-state index in [-0.39, 0.29) is 37.9 Å². The third kappa shape index (κ3) is 4.39. The number of aliphatic hydroxyl groups is 2. The number of carbonyl (C=O) groups excluding carboxylic acids is 1. The number of oxazole rings is 1. The summed E-state index contributed by atoms with van der Waals surface area (Å²) in [4.78, 5) is 17.9. The van der Waals surface area contributed by atoms with E-state index in [1.165, 1.54) is 23.3 Å². The van der Waals surface area contributed by atoms with Crippen LogP contribution in [-0.2, 0) is 11.2 Å². The Kier molecular flexibility index (Phi) is 5.69. The van der Waals surface area contributed by atoms with Crippen molar-refractivity contribution >= 4 is 5.91 Å². The van der Waals surface area contributed by atoms with Gasteiger partial charge in [-0.1, -0.05) is 6.92 Å². The molecule has 0 spiro atoms. The number of likely N-dealkylation sites (N-methyl/N-ethyl adjacent to an activating group) is 1. The first-order valence-corrected chi connectivity index (χ1v) is 7.53. The van der Waals surface area contributed by atoms with E-state index in [4.69, 9.17) is 4.42 Å². The molecule has 0 aliphatic rings. The van der Waals surface area contributed by atoms with E-state index in [9.17, 15) is 19.4 Å². The third-order valence-corrected chi connectivity index (χ3v) is 3.78. The lowest BCUT2D eigenvalue weighted by Gasteiger charge is -2.30. The molecule has 6 nitrogen and oxygen atoms in total. The van der Waals surface area contributed by atoms with Crippen LogP contribution in [0.3, 0.4) is 0 Å². The smallest absolute Gasteiger partial charge is 0.228 e. The number of aliphatic hydroxyl groups excluding tert-OH is 2. The highest BCUT2D eigenvalue weighted by Crippen LogP contribution is 2.20. The average molecular weight is 336 g/mol. The summed E-state index contributed by atoms with van der Waals surface area (Å²) in [5.41, 5.74) is 0.325. The third-order valence-electron chi connectivity index (χ3n) is 3.78. The zero-order chi connectivity index (χ0) is 17.7. The molecule has 1 aromatic carbocycles. The topological polar surface area (TPSA) is 86.8 Å². The van der Waals surface area contributed by atoms with Crippen LogP contribution in [0, 0.1) is 11.2 Å². The molecule has 1 aromatic heterocycles. The van der Waals surface area contributed by atoms with Crippen molar-refractivity contribution in [3.63, 3.8) is 0 Å². The summed E-state index contributed by atoms with van der Waals surface area (Å²) in [6.07, 6.45) is 1.43. The van der Waals surface area contributed by atoms with Crippen LogP contribution in [0.5, 0.6) is 0 Å². The maximum Gasteiger partial charge on any atom is 0.228 e. The lowest BCUT2D eigenvalue weighted by atomic mass is 9.92. The highest BCUT2D eigenvalue weighted by atomic mass is 19.1. The second kappa shape index (κ2) is 7.55. The van der Waals surface area contributed by atoms with Crippen molar-refractivity contribution in [2.45, 2.75) is 13.3 Å². The average Bonchev–Trinajstić information content (AvgIpc) is 3.03. The van der Waals surface area contributed by atoms with Crippen molar-refractivity contribution in [3.05, 3.63) is 42.0 Å². The number of aromatic nitrogens is 1. The molecule has 24 heavy (non-hydrogen) atoms. The molecule has 0 radical (unpaired) electrons. The molecule has 0 bridgehead atoms. The molecule has 0 aliphatic carbocycles. The second-order valence-corrected chi connectivity index (χ2v) is 6.20. The van der Waals surface area contributed by atoms with Crippen molar-refractivity contribution in [3.8, 4) is 11.5 Å². The summed E-state index contributed by atoms with van der Waals surface area (Å²) in [6, 6.07) is 5.71. The maximum absolute atomic E-state index is 12.9. The van der Waals surface area contributed by atoms with Gasteiger partial charge in [-0.15, -0.1) is 0 Å². The molecule has 0 unspecified atom stereocenters. The Morgan fingerprint density at radius 2 is 1.92 bits per heavy atom. The van der Waals surface area contributed by atoms with Gasteiger partial charge in [0.25, 0.3) is 0 Å². The van der Waals surface area contributed by atoms with Crippen molar-refractivity contribution in [1.82, 2.24) is 9.88 Å². The predicted molar refractivity (Wildman–Crippen MR) is 85.5 cm³/mol. The molecule has 1 amide bonds. The molecular formula is C17H21FN2O4. The predicted octanol–water partition coefficient (Wildman–Crippen LogP) is 1.47. The molecule has 0 saturated heterocycles. The normalized spacial score (nSPS) is 11.5. The number of hydrogen-bond donors (Lipinski definition) is 2. The van der Waals surface area contributed by atoms with Crippen LogP contribution in [-0.4, -0.2) is 52.8 Å². The van der Waals surface area contributed by atoms with E-state index in [0.29, 0.717) is 17.1 Å². The lowest BCUT2D eigenvalue weighted by Crippen LogP contribution is -2.42. The van der Waals surface area contributed by atoms with Gasteiger partial charge in [-0.25, -0.2) is 9.37 Å². The van der Waals surface area contributed by atoms with Gasteiger partial charge >= 0.3 is 0 Å². The fourth-order valence-corrected chi connectivity index (χ4v) is 2.21. The first-order chi connectivity index (χ1) is 11.4. The highest BCUT2D eigenvalue weighted by Gasteiger charge is 2.26. The number of amides is 1. The van der Waals surface area contributed by atoms with Gasteiger partial charge in [0.2, 0.25) is 11.8 Å². The minimum Gasteiger partial charge on any atom is -0.444 e. The van der Waals surface area contributed by atoms with E-state index >= 15 is 0 Å². The molecule has 0 aliphatic heterocycles. The molecule has 2 N–H and O–H groups in total. The zero-order valence-electron chi connectivity index (χ0n) is 13.7. The van der Waals surface area contributed by atoms with Gasteiger partial charge in [0, 0.05) is 24.6 Å². The first kappa shape index (κ1) is 18.1. The van der Waals surface area contributed by atoms with Crippen molar-refractivity contribution in [2.24, 2.45) is 5.41 Å². The largest absolute Gasteiger partial charge is 0.444 e. The Hall–Kier alpha value is -2.25. The Morgan fingerprint density at radius 1 is 1.29 bits per heavy atom. The van der Waals surface area contributed by atoms with Gasteiger partial charge in [-0.05, 0) is 24.3 Å². The summed E-state index contributed by atoms with van der Waals surface area (Å²) in [5, 5.41) is 18.6. The maximum atomic E-state index is 12.9.